The van der Waals surface area contributed by atoms with Crippen LogP contribution in [-0.2, 0) is 11.3 Å². The molecule has 0 bridgehead atoms. The predicted molar refractivity (Wildman–Crippen MR) is 72.7 cm³/mol. The maximum atomic E-state index is 11.3. The lowest BCUT2D eigenvalue weighted by molar-refractivity contribution is -0.118. The van der Waals surface area contributed by atoms with Crippen LogP contribution in [0.1, 0.15) is 5.56 Å². The first-order chi connectivity index (χ1) is 7.65. The third-order valence-electron chi connectivity index (χ3n) is 2.53. The van der Waals surface area contributed by atoms with Crippen molar-refractivity contribution in [2.75, 3.05) is 6.54 Å². The highest BCUT2D eigenvalue weighted by atomic mass is 127. The van der Waals surface area contributed by atoms with Crippen molar-refractivity contribution in [3.05, 3.63) is 31.3 Å². The average molecular weight is 369 g/mol. The number of nitrogens with zero attached hydrogens (tertiary/aromatic N) is 1. The Labute approximate surface area is 112 Å². The molecule has 1 aromatic carbocycles. The Balaban J connectivity index is 2.12. The number of fused-ring (bicyclic) bond motifs is 2. The first-order valence-electron chi connectivity index (χ1n) is 4.68. The van der Waals surface area contributed by atoms with Gasteiger partial charge in [0.05, 0.1) is 16.6 Å². The second-order valence-corrected chi connectivity index (χ2v) is 7.12. The van der Waals surface area contributed by atoms with E-state index in [1.165, 1.54) is 3.57 Å². The van der Waals surface area contributed by atoms with Gasteiger partial charge in [-0.3, -0.25) is 4.79 Å². The van der Waals surface area contributed by atoms with Crippen LogP contribution in [-0.4, -0.2) is 21.1 Å². The van der Waals surface area contributed by atoms with E-state index < -0.39 is 0 Å². The lowest BCUT2D eigenvalue weighted by Gasteiger charge is -2.22. The van der Waals surface area contributed by atoms with Crippen LogP contribution >= 0.6 is 43.9 Å². The summed E-state index contributed by atoms with van der Waals surface area (Å²) in [4.78, 5) is 13.4. The van der Waals surface area contributed by atoms with Gasteiger partial charge in [-0.1, -0.05) is 23.2 Å². The number of hydrogen-bond acceptors (Lipinski definition) is 2. The number of hydrogen-bond donors (Lipinski definition) is 1. The summed E-state index contributed by atoms with van der Waals surface area (Å²) in [6.45, 7) is 1.12. The van der Waals surface area contributed by atoms with Crippen molar-refractivity contribution in [2.24, 2.45) is 0 Å². The van der Waals surface area contributed by atoms with Crippen LogP contribution in [0.2, 0.25) is 10.0 Å². The molecule has 2 aliphatic heterocycles. The first-order valence-corrected chi connectivity index (χ1v) is 7.60. The van der Waals surface area contributed by atoms with E-state index in [1.54, 1.807) is 0 Å². The molecule has 0 saturated carbocycles. The number of benzene rings is 1. The molecule has 0 spiro atoms. The summed E-state index contributed by atoms with van der Waals surface area (Å²) in [5.41, 5.74) is 1.09. The van der Waals surface area contributed by atoms with E-state index in [1.807, 2.05) is 12.1 Å². The molecule has 3 rings (SSSR count). The van der Waals surface area contributed by atoms with E-state index in [0.29, 0.717) is 23.1 Å². The molecule has 1 N–H and O–H groups in total. The second-order valence-electron chi connectivity index (χ2n) is 3.61. The van der Waals surface area contributed by atoms with Gasteiger partial charge in [-0.25, -0.2) is 4.90 Å². The number of amides is 1. The highest BCUT2D eigenvalue weighted by molar-refractivity contribution is 14.2. The van der Waals surface area contributed by atoms with Crippen molar-refractivity contribution in [1.29, 1.82) is 0 Å². The van der Waals surface area contributed by atoms with Gasteiger partial charge in [-0.05, 0) is 38.4 Å². The zero-order valence-electron chi connectivity index (χ0n) is 8.06. The van der Waals surface area contributed by atoms with Gasteiger partial charge in [-0.2, -0.15) is 0 Å². The standard InChI is InChI=1S/C10H7Cl2IN2O/c11-6-1-2-7-5(9(6)12)3-15-4-8(16)14-10(15)13-7/h1-2H,3-4H2,(H,14,16). The number of carbonyl (C=O) groups is 1. The van der Waals surface area contributed by atoms with Gasteiger partial charge < -0.3 is 5.32 Å². The lowest BCUT2D eigenvalue weighted by atomic mass is 10.2. The van der Waals surface area contributed by atoms with Crippen LogP contribution in [0.25, 0.3) is 0 Å². The summed E-state index contributed by atoms with van der Waals surface area (Å²) in [7, 11) is 0. The van der Waals surface area contributed by atoms with E-state index in [4.69, 9.17) is 23.2 Å². The van der Waals surface area contributed by atoms with Crippen molar-refractivity contribution < 1.29 is 4.79 Å². The Morgan fingerprint density at radius 1 is 1.31 bits per heavy atom. The van der Waals surface area contributed by atoms with Gasteiger partial charge in [0.1, 0.15) is 3.76 Å². The highest BCUT2D eigenvalue weighted by Crippen LogP contribution is 2.36. The molecule has 16 heavy (non-hydrogen) atoms. The van der Waals surface area contributed by atoms with Crippen molar-refractivity contribution in [1.82, 2.24) is 10.2 Å². The summed E-state index contributed by atoms with van der Waals surface area (Å²) in [5.74, 6) is 0.0738. The number of halogens is 3. The van der Waals surface area contributed by atoms with Gasteiger partial charge in [0.15, 0.2) is 0 Å². The summed E-state index contributed by atoms with van der Waals surface area (Å²) < 4.78 is 2.33. The Kier molecular flexibility index (Phi) is 2.70. The van der Waals surface area contributed by atoms with Gasteiger partial charge >= 0.3 is 0 Å². The molecule has 1 aromatic rings. The maximum Gasteiger partial charge on any atom is 0.240 e. The summed E-state index contributed by atoms with van der Waals surface area (Å²) in [6, 6.07) is 3.85. The zero-order chi connectivity index (χ0) is 11.3. The minimum Gasteiger partial charge on any atom is -0.311 e. The van der Waals surface area contributed by atoms with Crippen molar-refractivity contribution in [2.45, 2.75) is 6.54 Å². The van der Waals surface area contributed by atoms with Crippen LogP contribution in [0.5, 0.6) is 0 Å². The van der Waals surface area contributed by atoms with Crippen LogP contribution in [0.15, 0.2) is 12.1 Å². The maximum absolute atomic E-state index is 11.3. The van der Waals surface area contributed by atoms with Crippen LogP contribution < -0.4 is 5.32 Å². The molecule has 2 aliphatic rings. The number of nitrogens with one attached hydrogen (secondary N) is 1. The van der Waals surface area contributed by atoms with Gasteiger partial charge in [0.2, 0.25) is 5.91 Å². The predicted octanol–water partition coefficient (Wildman–Crippen LogP) is 2.17. The van der Waals surface area contributed by atoms with E-state index >= 15 is 0 Å². The molecule has 0 radical (unpaired) electrons. The van der Waals surface area contributed by atoms with Gasteiger partial charge in [-0.15, -0.1) is 0 Å². The summed E-state index contributed by atoms with van der Waals surface area (Å²) in [6.07, 6.45) is 0. The third kappa shape index (κ3) is 1.68. The molecular formula is C10H7Cl2IN2O. The Morgan fingerprint density at radius 2 is 2.12 bits per heavy atom. The van der Waals surface area contributed by atoms with E-state index in [0.717, 1.165) is 9.32 Å². The molecule has 0 atom stereocenters. The van der Waals surface area contributed by atoms with Crippen molar-refractivity contribution in [3.63, 3.8) is 0 Å². The Hall–Kier alpha value is -0.170. The minimum atomic E-state index is -0.338. The van der Waals surface area contributed by atoms with E-state index in [-0.39, 0.29) is 26.6 Å². The number of carbonyl (C=O) groups excluding carboxylic acids is 1. The molecule has 84 valence electrons. The Bertz CT molecular complexity index is 530. The quantitative estimate of drug-likeness (QED) is 0.562. The zero-order valence-corrected chi connectivity index (χ0v) is 11.7. The normalized spacial score (nSPS) is 19.4. The molecule has 6 heteroatoms. The molecule has 3 nitrogen and oxygen atoms in total. The smallest absolute Gasteiger partial charge is 0.240 e. The van der Waals surface area contributed by atoms with E-state index in [9.17, 15) is 4.79 Å². The molecular weight excluding hydrogens is 362 g/mol. The lowest BCUT2D eigenvalue weighted by Crippen LogP contribution is -2.30. The van der Waals surface area contributed by atoms with Crippen molar-refractivity contribution in [3.8, 4) is 0 Å². The fourth-order valence-corrected chi connectivity index (χ4v) is 5.13. The molecule has 0 aliphatic carbocycles. The second kappa shape index (κ2) is 3.94. The van der Waals surface area contributed by atoms with Crippen molar-refractivity contribution >= 4 is 53.6 Å². The SMILES string of the molecule is O=C1CN2Cc3c(ccc(Cl)c3Cl)I=C2N1. The largest absolute Gasteiger partial charge is 0.311 e. The molecule has 0 aromatic heterocycles. The monoisotopic (exact) mass is 368 g/mol. The highest BCUT2D eigenvalue weighted by Gasteiger charge is 2.30. The topological polar surface area (TPSA) is 32.3 Å². The van der Waals surface area contributed by atoms with Crippen LogP contribution in [0.3, 0.4) is 0 Å². The van der Waals surface area contributed by atoms with Gasteiger partial charge in [0, 0.05) is 10.1 Å². The third-order valence-corrected chi connectivity index (χ3v) is 6.43. The summed E-state index contributed by atoms with van der Waals surface area (Å²) >= 11 is 11.8. The van der Waals surface area contributed by atoms with Gasteiger partial charge in [0.25, 0.3) is 0 Å². The molecule has 1 amide bonds. The minimum absolute atomic E-state index is 0.0738. The van der Waals surface area contributed by atoms with Crippen LogP contribution in [0, 0.1) is 3.57 Å². The fraction of sp³-hybridized carbons (Fsp3) is 0.200. The molecule has 1 fully saturated rings. The average Bonchev–Trinajstić information content (AvgIpc) is 2.61. The van der Waals surface area contributed by atoms with Crippen LogP contribution in [0.4, 0.5) is 0 Å². The summed E-state index contributed by atoms with van der Waals surface area (Å²) in [5, 5.41) is 4.13. The number of rotatable bonds is 0. The molecule has 2 heterocycles. The van der Waals surface area contributed by atoms with E-state index in [2.05, 4.69) is 10.2 Å². The molecule has 1 saturated heterocycles. The fourth-order valence-electron chi connectivity index (χ4n) is 1.77. The Morgan fingerprint density at radius 3 is 2.94 bits per heavy atom. The molecule has 0 unspecified atom stereocenters. The first kappa shape index (κ1) is 11.0.